The number of hydrogen-bond donors (Lipinski definition) is 2. The minimum atomic E-state index is -0.997. The van der Waals surface area contributed by atoms with Gasteiger partial charge in [0.15, 0.2) is 0 Å². The number of urea groups is 1. The third kappa shape index (κ3) is 4.64. The van der Waals surface area contributed by atoms with Crippen molar-refractivity contribution in [1.82, 2.24) is 15.1 Å². The molecule has 1 fully saturated rings. The number of amides is 3. The molecule has 28 heavy (non-hydrogen) atoms. The summed E-state index contributed by atoms with van der Waals surface area (Å²) in [5.41, 5.74) is 1.41. The lowest BCUT2D eigenvalue weighted by Gasteiger charge is -2.34. The Hall–Kier alpha value is -3.42. The second-order valence-electron chi connectivity index (χ2n) is 6.45. The molecule has 8 heteroatoms. The van der Waals surface area contributed by atoms with Gasteiger partial charge in [0.1, 0.15) is 5.82 Å². The third-order valence-electron chi connectivity index (χ3n) is 4.59. The van der Waals surface area contributed by atoms with Crippen molar-refractivity contribution in [1.29, 1.82) is 0 Å². The second-order valence-corrected chi connectivity index (χ2v) is 6.45. The van der Waals surface area contributed by atoms with E-state index in [1.165, 1.54) is 36.4 Å². The average molecular weight is 385 g/mol. The average Bonchev–Trinajstić information content (AvgIpc) is 2.72. The van der Waals surface area contributed by atoms with E-state index in [2.05, 4.69) is 5.32 Å². The molecule has 7 nitrogen and oxygen atoms in total. The Morgan fingerprint density at radius 1 is 0.857 bits per heavy atom. The number of halogens is 1. The number of nitrogens with one attached hydrogen (secondary N) is 1. The molecular weight excluding hydrogens is 365 g/mol. The van der Waals surface area contributed by atoms with Crippen LogP contribution < -0.4 is 5.32 Å². The quantitative estimate of drug-likeness (QED) is 0.844. The van der Waals surface area contributed by atoms with Gasteiger partial charge in [0.2, 0.25) is 0 Å². The summed E-state index contributed by atoms with van der Waals surface area (Å²) in [6.07, 6.45) is 0. The van der Waals surface area contributed by atoms with E-state index in [4.69, 9.17) is 5.11 Å². The van der Waals surface area contributed by atoms with Crippen LogP contribution in [0.3, 0.4) is 0 Å². The van der Waals surface area contributed by atoms with Crippen molar-refractivity contribution >= 4 is 17.9 Å². The van der Waals surface area contributed by atoms with Crippen molar-refractivity contribution in [2.24, 2.45) is 0 Å². The van der Waals surface area contributed by atoms with Crippen molar-refractivity contribution in [3.63, 3.8) is 0 Å². The SMILES string of the molecule is O=C(O)c1ccc(CNC(=O)N2CCN(C(=O)c3ccc(F)cc3)CC2)cc1. The molecule has 0 aromatic heterocycles. The van der Waals surface area contributed by atoms with Crippen LogP contribution in [0, 0.1) is 5.82 Å². The summed E-state index contributed by atoms with van der Waals surface area (Å²) < 4.78 is 13.0. The van der Waals surface area contributed by atoms with Crippen LogP contribution in [0.25, 0.3) is 0 Å². The molecule has 1 saturated heterocycles. The summed E-state index contributed by atoms with van der Waals surface area (Å²) in [4.78, 5) is 38.8. The van der Waals surface area contributed by atoms with Crippen molar-refractivity contribution in [3.8, 4) is 0 Å². The fourth-order valence-electron chi connectivity index (χ4n) is 2.94. The molecule has 1 aliphatic rings. The van der Waals surface area contributed by atoms with Gasteiger partial charge in [-0.3, -0.25) is 4.79 Å². The Morgan fingerprint density at radius 3 is 1.96 bits per heavy atom. The first-order valence-corrected chi connectivity index (χ1v) is 8.84. The Labute approximate surface area is 161 Å². The number of rotatable bonds is 4. The predicted molar refractivity (Wildman–Crippen MR) is 99.5 cm³/mol. The fraction of sp³-hybridized carbons (Fsp3) is 0.250. The Balaban J connectivity index is 1.47. The highest BCUT2D eigenvalue weighted by atomic mass is 19.1. The molecule has 0 radical (unpaired) electrons. The molecule has 3 amide bonds. The lowest BCUT2D eigenvalue weighted by molar-refractivity contribution is 0.0663. The van der Waals surface area contributed by atoms with E-state index in [1.54, 1.807) is 21.9 Å². The highest BCUT2D eigenvalue weighted by Gasteiger charge is 2.24. The molecule has 2 aromatic carbocycles. The Bertz CT molecular complexity index is 860. The zero-order chi connectivity index (χ0) is 20.1. The first-order valence-electron chi connectivity index (χ1n) is 8.84. The molecule has 146 valence electrons. The van der Waals surface area contributed by atoms with E-state index in [9.17, 15) is 18.8 Å². The number of carboxylic acid groups (broad SMARTS) is 1. The van der Waals surface area contributed by atoms with Gasteiger partial charge >= 0.3 is 12.0 Å². The number of carbonyl (C=O) groups excluding carboxylic acids is 2. The van der Waals surface area contributed by atoms with Crippen molar-refractivity contribution in [2.75, 3.05) is 26.2 Å². The van der Waals surface area contributed by atoms with Crippen LogP contribution in [0.1, 0.15) is 26.3 Å². The maximum Gasteiger partial charge on any atom is 0.335 e. The van der Waals surface area contributed by atoms with Gasteiger partial charge in [0.05, 0.1) is 5.56 Å². The number of benzene rings is 2. The van der Waals surface area contributed by atoms with Gasteiger partial charge in [-0.1, -0.05) is 12.1 Å². The number of carbonyl (C=O) groups is 3. The van der Waals surface area contributed by atoms with Gasteiger partial charge < -0.3 is 20.2 Å². The van der Waals surface area contributed by atoms with Gasteiger partial charge in [0.25, 0.3) is 5.91 Å². The van der Waals surface area contributed by atoms with Crippen LogP contribution >= 0.6 is 0 Å². The standard InChI is InChI=1S/C20H20FN3O4/c21-17-7-5-15(6-8-17)18(25)23-9-11-24(12-10-23)20(28)22-13-14-1-3-16(4-2-14)19(26)27/h1-8H,9-13H2,(H,22,28)(H,26,27). The van der Waals surface area contributed by atoms with Crippen LogP contribution in [-0.2, 0) is 6.54 Å². The molecule has 2 N–H and O–H groups in total. The summed E-state index contributed by atoms with van der Waals surface area (Å²) in [6.45, 7) is 1.88. The fourth-order valence-corrected chi connectivity index (χ4v) is 2.94. The highest BCUT2D eigenvalue weighted by molar-refractivity contribution is 5.94. The lowest BCUT2D eigenvalue weighted by atomic mass is 10.1. The maximum absolute atomic E-state index is 13.0. The molecule has 2 aromatic rings. The zero-order valence-electron chi connectivity index (χ0n) is 15.1. The van der Waals surface area contributed by atoms with Crippen molar-refractivity contribution in [2.45, 2.75) is 6.54 Å². The molecule has 0 bridgehead atoms. The normalized spacial score (nSPS) is 13.9. The first kappa shape index (κ1) is 19.3. The largest absolute Gasteiger partial charge is 0.478 e. The molecule has 0 spiro atoms. The van der Waals surface area contributed by atoms with Crippen LogP contribution in [0.4, 0.5) is 9.18 Å². The molecule has 3 rings (SSSR count). The number of piperazine rings is 1. The van der Waals surface area contributed by atoms with Crippen molar-refractivity contribution in [3.05, 3.63) is 71.0 Å². The van der Waals surface area contributed by atoms with E-state index < -0.39 is 11.8 Å². The number of nitrogens with zero attached hydrogens (tertiary/aromatic N) is 2. The first-order chi connectivity index (χ1) is 13.4. The summed E-state index contributed by atoms with van der Waals surface area (Å²) >= 11 is 0. The van der Waals surface area contributed by atoms with E-state index in [-0.39, 0.29) is 24.0 Å². The van der Waals surface area contributed by atoms with Crippen LogP contribution in [-0.4, -0.2) is 59.0 Å². The second kappa shape index (κ2) is 8.51. The minimum Gasteiger partial charge on any atom is -0.478 e. The Morgan fingerprint density at radius 2 is 1.39 bits per heavy atom. The van der Waals surface area contributed by atoms with E-state index >= 15 is 0 Å². The molecule has 0 atom stereocenters. The van der Waals surface area contributed by atoms with Gasteiger partial charge in [-0.2, -0.15) is 0 Å². The predicted octanol–water partition coefficient (Wildman–Crippen LogP) is 2.19. The van der Waals surface area contributed by atoms with Gasteiger partial charge in [0, 0.05) is 38.3 Å². The Kier molecular flexibility index (Phi) is 5.88. The summed E-state index contributed by atoms with van der Waals surface area (Å²) in [5, 5.41) is 11.7. The highest BCUT2D eigenvalue weighted by Crippen LogP contribution is 2.10. The minimum absolute atomic E-state index is 0.182. The van der Waals surface area contributed by atoms with Crippen LogP contribution in [0.2, 0.25) is 0 Å². The summed E-state index contributed by atoms with van der Waals surface area (Å²) in [6, 6.07) is 11.5. The molecule has 0 aliphatic carbocycles. The molecular formula is C20H20FN3O4. The number of hydrogen-bond acceptors (Lipinski definition) is 3. The smallest absolute Gasteiger partial charge is 0.335 e. The van der Waals surface area contributed by atoms with Crippen LogP contribution in [0.5, 0.6) is 0 Å². The van der Waals surface area contributed by atoms with E-state index in [0.29, 0.717) is 31.7 Å². The van der Waals surface area contributed by atoms with Gasteiger partial charge in [-0.05, 0) is 42.0 Å². The summed E-state index contributed by atoms with van der Waals surface area (Å²) in [7, 11) is 0. The number of aromatic carboxylic acids is 1. The van der Waals surface area contributed by atoms with Crippen LogP contribution in [0.15, 0.2) is 48.5 Å². The number of carboxylic acids is 1. The van der Waals surface area contributed by atoms with Gasteiger partial charge in [-0.25, -0.2) is 14.0 Å². The molecule has 1 heterocycles. The monoisotopic (exact) mass is 385 g/mol. The molecule has 0 saturated carbocycles. The zero-order valence-corrected chi connectivity index (χ0v) is 15.1. The molecule has 0 unspecified atom stereocenters. The maximum atomic E-state index is 13.0. The van der Waals surface area contributed by atoms with Crippen molar-refractivity contribution < 1.29 is 23.9 Å². The lowest BCUT2D eigenvalue weighted by Crippen LogP contribution is -2.53. The molecule has 1 aliphatic heterocycles. The van der Waals surface area contributed by atoms with Gasteiger partial charge in [-0.15, -0.1) is 0 Å². The third-order valence-corrected chi connectivity index (χ3v) is 4.59. The summed E-state index contributed by atoms with van der Waals surface area (Å²) in [5.74, 6) is -1.57. The van der Waals surface area contributed by atoms with E-state index in [0.717, 1.165) is 5.56 Å². The van der Waals surface area contributed by atoms with E-state index in [1.807, 2.05) is 0 Å². The topological polar surface area (TPSA) is 89.9 Å².